The minimum absolute atomic E-state index is 0.162. The van der Waals surface area contributed by atoms with Crippen molar-refractivity contribution in [2.75, 3.05) is 0 Å². The molecule has 1 amide bonds. The third-order valence-electron chi connectivity index (χ3n) is 5.89. The molecule has 1 aromatic heterocycles. The largest absolute Gasteiger partial charge is 0.416 e. The van der Waals surface area contributed by atoms with Gasteiger partial charge in [0.1, 0.15) is 0 Å². The predicted octanol–water partition coefficient (Wildman–Crippen LogP) is 5.93. The molecule has 156 valence electrons. The third kappa shape index (κ3) is 4.32. The molecule has 3 nitrogen and oxygen atoms in total. The molecule has 1 aliphatic carbocycles. The second-order valence-electron chi connectivity index (χ2n) is 8.04. The first-order chi connectivity index (χ1) is 14.4. The van der Waals surface area contributed by atoms with E-state index >= 15 is 0 Å². The van der Waals surface area contributed by atoms with Crippen LogP contribution in [-0.4, -0.2) is 16.4 Å². The van der Waals surface area contributed by atoms with Crippen LogP contribution in [0.15, 0.2) is 60.8 Å². The van der Waals surface area contributed by atoms with Gasteiger partial charge in [0.15, 0.2) is 0 Å². The molecule has 1 fully saturated rings. The van der Waals surface area contributed by atoms with Crippen LogP contribution in [0.5, 0.6) is 0 Å². The average molecular weight is 412 g/mol. The van der Waals surface area contributed by atoms with Crippen molar-refractivity contribution in [3.8, 4) is 0 Å². The number of nitrogens with zero attached hydrogens (tertiary/aromatic N) is 1. The minimum Gasteiger partial charge on any atom is -0.346 e. The van der Waals surface area contributed by atoms with Gasteiger partial charge in [0.2, 0.25) is 0 Å². The predicted molar refractivity (Wildman–Crippen MR) is 110 cm³/mol. The smallest absolute Gasteiger partial charge is 0.346 e. The van der Waals surface area contributed by atoms with Crippen LogP contribution >= 0.6 is 0 Å². The number of pyridine rings is 1. The standard InChI is InChI=1S/C24H23F3N2O/c25-24(26,27)20-10-4-2-9-18(20)15-23(12-6-1-7-13-23)29-22(30)19-14-17-8-3-5-11-21(17)28-16-19/h2-5,8-11,14,16H,1,6-7,12-13,15H2,(H,29,30). The Hall–Kier alpha value is -2.89. The Bertz CT molecular complexity index is 1060. The van der Waals surface area contributed by atoms with Gasteiger partial charge in [-0.2, -0.15) is 13.2 Å². The van der Waals surface area contributed by atoms with Gasteiger partial charge < -0.3 is 5.32 Å². The molecule has 0 spiro atoms. The van der Waals surface area contributed by atoms with E-state index in [2.05, 4.69) is 10.3 Å². The third-order valence-corrected chi connectivity index (χ3v) is 5.89. The number of hydrogen-bond acceptors (Lipinski definition) is 2. The number of aromatic nitrogens is 1. The van der Waals surface area contributed by atoms with Crippen molar-refractivity contribution in [3.05, 3.63) is 77.5 Å². The lowest BCUT2D eigenvalue weighted by atomic mass is 9.76. The Kier molecular flexibility index (Phi) is 5.50. The maximum absolute atomic E-state index is 13.5. The second-order valence-corrected chi connectivity index (χ2v) is 8.04. The van der Waals surface area contributed by atoms with Gasteiger partial charge >= 0.3 is 6.18 Å². The zero-order chi connectivity index (χ0) is 21.2. The summed E-state index contributed by atoms with van der Waals surface area (Å²) in [5.74, 6) is -0.292. The molecule has 30 heavy (non-hydrogen) atoms. The van der Waals surface area contributed by atoms with E-state index < -0.39 is 17.3 Å². The lowest BCUT2D eigenvalue weighted by Crippen LogP contribution is -2.51. The molecule has 1 saturated carbocycles. The summed E-state index contributed by atoms with van der Waals surface area (Å²) >= 11 is 0. The maximum Gasteiger partial charge on any atom is 0.416 e. The van der Waals surface area contributed by atoms with Crippen LogP contribution in [0.4, 0.5) is 13.2 Å². The molecule has 2 aromatic carbocycles. The van der Waals surface area contributed by atoms with Crippen LogP contribution in [-0.2, 0) is 12.6 Å². The molecule has 1 N–H and O–H groups in total. The first kappa shape index (κ1) is 20.4. The number of carbonyl (C=O) groups excluding carboxylic acids is 1. The van der Waals surface area contributed by atoms with E-state index in [0.29, 0.717) is 18.4 Å². The quantitative estimate of drug-likeness (QED) is 0.577. The lowest BCUT2D eigenvalue weighted by Gasteiger charge is -2.39. The van der Waals surface area contributed by atoms with Gasteiger partial charge in [-0.3, -0.25) is 9.78 Å². The van der Waals surface area contributed by atoms with Gasteiger partial charge in [-0.15, -0.1) is 0 Å². The summed E-state index contributed by atoms with van der Waals surface area (Å²) in [4.78, 5) is 17.4. The zero-order valence-electron chi connectivity index (χ0n) is 16.5. The molecule has 0 bridgehead atoms. The lowest BCUT2D eigenvalue weighted by molar-refractivity contribution is -0.138. The fraction of sp³-hybridized carbons (Fsp3) is 0.333. The number of nitrogens with one attached hydrogen (secondary N) is 1. The Balaban J connectivity index is 1.63. The highest BCUT2D eigenvalue weighted by Gasteiger charge is 2.38. The molecule has 4 rings (SSSR count). The van der Waals surface area contributed by atoms with E-state index in [4.69, 9.17) is 0 Å². The van der Waals surface area contributed by atoms with E-state index in [0.717, 1.165) is 36.2 Å². The summed E-state index contributed by atoms with van der Waals surface area (Å²) in [5, 5.41) is 3.95. The van der Waals surface area contributed by atoms with E-state index in [-0.39, 0.29) is 17.9 Å². The van der Waals surface area contributed by atoms with E-state index in [1.54, 1.807) is 12.1 Å². The van der Waals surface area contributed by atoms with Crippen LogP contribution in [0.3, 0.4) is 0 Å². The Labute approximate surface area is 173 Å². The van der Waals surface area contributed by atoms with Crippen LogP contribution in [0.2, 0.25) is 0 Å². The highest BCUT2D eigenvalue weighted by atomic mass is 19.4. The summed E-state index contributed by atoms with van der Waals surface area (Å²) in [5.41, 5.74) is 0.117. The minimum atomic E-state index is -4.42. The van der Waals surface area contributed by atoms with Crippen molar-refractivity contribution in [2.45, 2.75) is 50.2 Å². The number of rotatable bonds is 4. The Morgan fingerprint density at radius 2 is 1.70 bits per heavy atom. The number of fused-ring (bicyclic) bond motifs is 1. The number of alkyl halides is 3. The van der Waals surface area contributed by atoms with Gasteiger partial charge in [-0.05, 0) is 43.0 Å². The molecule has 3 aromatic rings. The van der Waals surface area contributed by atoms with Crippen molar-refractivity contribution in [1.29, 1.82) is 0 Å². The summed E-state index contributed by atoms with van der Waals surface area (Å²) in [6.45, 7) is 0. The number of para-hydroxylation sites is 1. The van der Waals surface area contributed by atoms with Gasteiger partial charge in [0, 0.05) is 17.1 Å². The van der Waals surface area contributed by atoms with Gasteiger partial charge in [0.25, 0.3) is 5.91 Å². The number of amides is 1. The van der Waals surface area contributed by atoms with E-state index in [1.807, 2.05) is 24.3 Å². The topological polar surface area (TPSA) is 42.0 Å². The van der Waals surface area contributed by atoms with Crippen molar-refractivity contribution >= 4 is 16.8 Å². The zero-order valence-corrected chi connectivity index (χ0v) is 16.5. The molecule has 0 radical (unpaired) electrons. The highest BCUT2D eigenvalue weighted by Crippen LogP contribution is 2.37. The summed E-state index contributed by atoms with van der Waals surface area (Å²) in [6.07, 6.45) is 1.37. The van der Waals surface area contributed by atoms with Gasteiger partial charge in [-0.25, -0.2) is 0 Å². The van der Waals surface area contributed by atoms with Crippen molar-refractivity contribution in [2.24, 2.45) is 0 Å². The fourth-order valence-corrected chi connectivity index (χ4v) is 4.40. The molecule has 0 unspecified atom stereocenters. The number of benzene rings is 2. The van der Waals surface area contributed by atoms with E-state index in [9.17, 15) is 18.0 Å². The van der Waals surface area contributed by atoms with Gasteiger partial charge in [-0.1, -0.05) is 55.7 Å². The van der Waals surface area contributed by atoms with Crippen LogP contribution in [0.25, 0.3) is 10.9 Å². The van der Waals surface area contributed by atoms with E-state index in [1.165, 1.54) is 18.3 Å². The SMILES string of the molecule is O=C(NC1(Cc2ccccc2C(F)(F)F)CCCCC1)c1cnc2ccccc2c1. The van der Waals surface area contributed by atoms with Gasteiger partial charge in [0.05, 0.1) is 16.6 Å². The maximum atomic E-state index is 13.5. The Morgan fingerprint density at radius 3 is 2.47 bits per heavy atom. The molecule has 0 aliphatic heterocycles. The first-order valence-electron chi connectivity index (χ1n) is 10.2. The highest BCUT2D eigenvalue weighted by molar-refractivity contribution is 5.97. The summed E-state index contributed by atoms with van der Waals surface area (Å²) in [6, 6.07) is 14.9. The Morgan fingerprint density at radius 1 is 1.00 bits per heavy atom. The molecule has 1 aliphatic rings. The number of hydrogen-bond donors (Lipinski definition) is 1. The molecule has 6 heteroatoms. The molecule has 1 heterocycles. The van der Waals surface area contributed by atoms with Crippen LogP contribution in [0, 0.1) is 0 Å². The summed E-state index contributed by atoms with van der Waals surface area (Å²) < 4.78 is 40.5. The van der Waals surface area contributed by atoms with Crippen LogP contribution in [0.1, 0.15) is 53.6 Å². The average Bonchev–Trinajstić information content (AvgIpc) is 2.73. The second kappa shape index (κ2) is 8.09. The number of halogens is 3. The first-order valence-corrected chi connectivity index (χ1v) is 10.2. The molecule has 0 saturated heterocycles. The van der Waals surface area contributed by atoms with Crippen LogP contribution < -0.4 is 5.32 Å². The monoisotopic (exact) mass is 412 g/mol. The molecular weight excluding hydrogens is 389 g/mol. The molecule has 0 atom stereocenters. The normalized spacial score (nSPS) is 16.4. The fourth-order valence-electron chi connectivity index (χ4n) is 4.40. The number of carbonyl (C=O) groups is 1. The van der Waals surface area contributed by atoms with Crippen molar-refractivity contribution in [3.63, 3.8) is 0 Å². The van der Waals surface area contributed by atoms with Crippen molar-refractivity contribution in [1.82, 2.24) is 10.3 Å². The van der Waals surface area contributed by atoms with Crippen molar-refractivity contribution < 1.29 is 18.0 Å². The summed E-state index contributed by atoms with van der Waals surface area (Å²) in [7, 11) is 0. The molecular formula is C24H23F3N2O.